The maximum atomic E-state index is 9.80. The second-order valence-corrected chi connectivity index (χ2v) is 5.92. The summed E-state index contributed by atoms with van der Waals surface area (Å²) >= 11 is 0. The van der Waals surface area contributed by atoms with E-state index in [0.29, 0.717) is 5.75 Å². The van der Waals surface area contributed by atoms with E-state index >= 15 is 0 Å². The molecule has 1 fully saturated rings. The van der Waals surface area contributed by atoms with Crippen molar-refractivity contribution in [1.29, 1.82) is 0 Å². The molecular weight excluding hydrogens is 234 g/mol. The molecule has 0 heterocycles. The van der Waals surface area contributed by atoms with E-state index in [1.165, 1.54) is 50.5 Å². The van der Waals surface area contributed by atoms with Crippen molar-refractivity contribution in [2.24, 2.45) is 0 Å². The van der Waals surface area contributed by atoms with Gasteiger partial charge in [-0.2, -0.15) is 0 Å². The first-order valence-corrected chi connectivity index (χ1v) is 7.70. The average molecular weight is 261 g/mol. The fraction of sp³-hybridized carbons (Fsp3) is 0.647. The third kappa shape index (κ3) is 3.11. The van der Waals surface area contributed by atoms with Crippen LogP contribution in [0.4, 0.5) is 0 Å². The number of unbranched alkanes of at least 4 members (excludes halogenated alkanes) is 1. The van der Waals surface area contributed by atoms with Crippen LogP contribution in [0, 0.1) is 0 Å². The van der Waals surface area contributed by atoms with Crippen LogP contribution in [0.15, 0.2) is 24.3 Å². The molecular formula is C17H27NO. The number of benzene rings is 1. The van der Waals surface area contributed by atoms with Gasteiger partial charge in [-0.1, -0.05) is 44.7 Å². The van der Waals surface area contributed by atoms with Gasteiger partial charge in [0, 0.05) is 5.54 Å². The summed E-state index contributed by atoms with van der Waals surface area (Å²) < 4.78 is 0. The molecule has 2 rings (SSSR count). The zero-order chi connectivity index (χ0) is 13.7. The Balaban J connectivity index is 2.28. The summed E-state index contributed by atoms with van der Waals surface area (Å²) in [6, 6.07) is 7.90. The van der Waals surface area contributed by atoms with E-state index in [1.54, 1.807) is 6.07 Å². The van der Waals surface area contributed by atoms with Gasteiger partial charge < -0.3 is 5.11 Å². The van der Waals surface area contributed by atoms with Gasteiger partial charge in [-0.05, 0) is 50.6 Å². The van der Waals surface area contributed by atoms with Crippen LogP contribution in [0.5, 0.6) is 5.75 Å². The highest BCUT2D eigenvalue weighted by Gasteiger charge is 2.37. The molecule has 1 aliphatic rings. The minimum Gasteiger partial charge on any atom is -0.508 e. The summed E-state index contributed by atoms with van der Waals surface area (Å²) in [5, 5.41) is 9.80. The molecule has 106 valence electrons. The van der Waals surface area contributed by atoms with Crippen molar-refractivity contribution < 1.29 is 5.11 Å². The highest BCUT2D eigenvalue weighted by Crippen LogP contribution is 2.42. The molecule has 0 spiro atoms. The van der Waals surface area contributed by atoms with Crippen molar-refractivity contribution in [2.45, 2.75) is 57.4 Å². The molecule has 19 heavy (non-hydrogen) atoms. The second kappa shape index (κ2) is 6.42. The van der Waals surface area contributed by atoms with E-state index in [9.17, 15) is 5.11 Å². The standard InChI is InChI=1S/C17H27NO/c1-3-4-13-18(2)17(11-6-5-7-12-17)15-9-8-10-16(19)14-15/h8-10,14,19H,3-7,11-13H2,1-2H3. The lowest BCUT2D eigenvalue weighted by Crippen LogP contribution is -2.45. The fourth-order valence-corrected chi connectivity index (χ4v) is 3.43. The summed E-state index contributed by atoms with van der Waals surface area (Å²) in [6.07, 6.45) is 8.87. The molecule has 0 aromatic heterocycles. The van der Waals surface area contributed by atoms with Gasteiger partial charge in [-0.25, -0.2) is 0 Å². The average Bonchev–Trinajstić information content (AvgIpc) is 2.45. The Morgan fingerprint density at radius 2 is 1.95 bits per heavy atom. The third-order valence-electron chi connectivity index (χ3n) is 4.64. The number of phenols is 1. The molecule has 1 aliphatic carbocycles. The SMILES string of the molecule is CCCCN(C)C1(c2cccc(O)c2)CCCCC1. The van der Waals surface area contributed by atoms with Gasteiger partial charge in [-0.3, -0.25) is 4.90 Å². The molecule has 1 saturated carbocycles. The molecule has 0 amide bonds. The predicted molar refractivity (Wildman–Crippen MR) is 80.4 cm³/mol. The van der Waals surface area contributed by atoms with Gasteiger partial charge in [0.1, 0.15) is 5.75 Å². The number of aromatic hydroxyl groups is 1. The van der Waals surface area contributed by atoms with Crippen molar-refractivity contribution in [3.05, 3.63) is 29.8 Å². The second-order valence-electron chi connectivity index (χ2n) is 5.92. The van der Waals surface area contributed by atoms with Crippen LogP contribution in [0.1, 0.15) is 57.4 Å². The highest BCUT2D eigenvalue weighted by atomic mass is 16.3. The Morgan fingerprint density at radius 1 is 1.21 bits per heavy atom. The molecule has 1 aromatic rings. The van der Waals surface area contributed by atoms with Gasteiger partial charge in [0.05, 0.1) is 0 Å². The van der Waals surface area contributed by atoms with Gasteiger partial charge in [0.2, 0.25) is 0 Å². The Hall–Kier alpha value is -1.02. The van der Waals surface area contributed by atoms with E-state index in [4.69, 9.17) is 0 Å². The highest BCUT2D eigenvalue weighted by molar-refractivity contribution is 5.33. The summed E-state index contributed by atoms with van der Waals surface area (Å²) in [6.45, 7) is 3.39. The Kier molecular flexibility index (Phi) is 4.87. The number of rotatable bonds is 5. The van der Waals surface area contributed by atoms with Crippen LogP contribution in [-0.4, -0.2) is 23.6 Å². The van der Waals surface area contributed by atoms with Crippen LogP contribution >= 0.6 is 0 Å². The van der Waals surface area contributed by atoms with Crippen molar-refractivity contribution in [3.8, 4) is 5.75 Å². The van der Waals surface area contributed by atoms with Gasteiger partial charge >= 0.3 is 0 Å². The first-order valence-electron chi connectivity index (χ1n) is 7.70. The Bertz CT molecular complexity index is 396. The first-order chi connectivity index (χ1) is 9.19. The summed E-state index contributed by atoms with van der Waals surface area (Å²) in [5.41, 5.74) is 1.44. The lowest BCUT2D eigenvalue weighted by Gasteiger charge is -2.45. The number of hydrogen-bond donors (Lipinski definition) is 1. The minimum absolute atomic E-state index is 0.145. The number of phenolic OH excluding ortho intramolecular Hbond substituents is 1. The number of hydrogen-bond acceptors (Lipinski definition) is 2. The quantitative estimate of drug-likeness (QED) is 0.855. The molecule has 0 bridgehead atoms. The lowest BCUT2D eigenvalue weighted by atomic mass is 9.75. The van der Waals surface area contributed by atoms with Crippen molar-refractivity contribution >= 4 is 0 Å². The predicted octanol–water partition coefficient (Wildman–Crippen LogP) is 4.28. The molecule has 1 aromatic carbocycles. The summed E-state index contributed by atoms with van der Waals surface area (Å²) in [5.74, 6) is 0.395. The first kappa shape index (κ1) is 14.4. The fourth-order valence-electron chi connectivity index (χ4n) is 3.43. The van der Waals surface area contributed by atoms with Crippen LogP contribution in [0.2, 0.25) is 0 Å². The third-order valence-corrected chi connectivity index (χ3v) is 4.64. The minimum atomic E-state index is 0.145. The maximum absolute atomic E-state index is 9.80. The normalized spacial score (nSPS) is 18.7. The summed E-state index contributed by atoms with van der Waals surface area (Å²) in [7, 11) is 2.25. The Labute approximate surface area is 117 Å². The largest absolute Gasteiger partial charge is 0.508 e. The van der Waals surface area contributed by atoms with E-state index in [1.807, 2.05) is 12.1 Å². The van der Waals surface area contributed by atoms with E-state index in [2.05, 4.69) is 24.9 Å². The zero-order valence-corrected chi connectivity index (χ0v) is 12.4. The molecule has 0 radical (unpaired) electrons. The van der Waals surface area contributed by atoms with Crippen LogP contribution in [0.3, 0.4) is 0 Å². The van der Waals surface area contributed by atoms with Crippen molar-refractivity contribution in [3.63, 3.8) is 0 Å². The van der Waals surface area contributed by atoms with Crippen molar-refractivity contribution in [1.82, 2.24) is 4.90 Å². The summed E-state index contributed by atoms with van der Waals surface area (Å²) in [4.78, 5) is 2.53. The zero-order valence-electron chi connectivity index (χ0n) is 12.4. The molecule has 0 saturated heterocycles. The van der Waals surface area contributed by atoms with Crippen molar-refractivity contribution in [2.75, 3.05) is 13.6 Å². The molecule has 0 aliphatic heterocycles. The van der Waals surface area contributed by atoms with E-state index < -0.39 is 0 Å². The molecule has 2 heteroatoms. The topological polar surface area (TPSA) is 23.5 Å². The van der Waals surface area contributed by atoms with E-state index in [0.717, 1.165) is 6.54 Å². The van der Waals surface area contributed by atoms with Crippen LogP contribution in [0.25, 0.3) is 0 Å². The molecule has 1 N–H and O–H groups in total. The molecule has 0 atom stereocenters. The van der Waals surface area contributed by atoms with E-state index in [-0.39, 0.29) is 5.54 Å². The van der Waals surface area contributed by atoms with Crippen LogP contribution in [-0.2, 0) is 5.54 Å². The lowest BCUT2D eigenvalue weighted by molar-refractivity contribution is 0.0710. The van der Waals surface area contributed by atoms with Gasteiger partial charge in [0.25, 0.3) is 0 Å². The number of nitrogens with zero attached hydrogens (tertiary/aromatic N) is 1. The smallest absolute Gasteiger partial charge is 0.115 e. The maximum Gasteiger partial charge on any atom is 0.115 e. The van der Waals surface area contributed by atoms with Gasteiger partial charge in [0.15, 0.2) is 0 Å². The van der Waals surface area contributed by atoms with Gasteiger partial charge in [-0.15, -0.1) is 0 Å². The Morgan fingerprint density at radius 3 is 2.58 bits per heavy atom. The monoisotopic (exact) mass is 261 g/mol. The molecule has 2 nitrogen and oxygen atoms in total. The molecule has 0 unspecified atom stereocenters. The van der Waals surface area contributed by atoms with Crippen LogP contribution < -0.4 is 0 Å².